The topological polar surface area (TPSA) is 120 Å². The van der Waals surface area contributed by atoms with Crippen molar-refractivity contribution in [2.45, 2.75) is 37.5 Å². The average Bonchev–Trinajstić information content (AvgIpc) is 3.58. The van der Waals surface area contributed by atoms with Crippen molar-refractivity contribution in [3.8, 4) is 11.1 Å². The molecule has 2 heterocycles. The highest BCUT2D eigenvalue weighted by Gasteiger charge is 2.58. The van der Waals surface area contributed by atoms with Gasteiger partial charge in [0.05, 0.1) is 35.1 Å². The molecule has 45 heavy (non-hydrogen) atoms. The first-order valence-electron chi connectivity index (χ1n) is 13.8. The molecule has 2 aromatic heterocycles. The summed E-state index contributed by atoms with van der Waals surface area (Å²) in [4.78, 5) is 41.8. The van der Waals surface area contributed by atoms with Crippen molar-refractivity contribution in [3.63, 3.8) is 0 Å². The number of pyridine rings is 1. The Morgan fingerprint density at radius 1 is 1.04 bits per heavy atom. The molecule has 0 bridgehead atoms. The highest BCUT2D eigenvalue weighted by molar-refractivity contribution is 6.06. The molecule has 8 nitrogen and oxygen atoms in total. The normalized spacial score (nSPS) is 17.6. The smallest absolute Gasteiger partial charge is 0.366 e. The summed E-state index contributed by atoms with van der Waals surface area (Å²) in [6, 6.07) is 8.82. The lowest BCUT2D eigenvalue weighted by molar-refractivity contribution is -0.142. The van der Waals surface area contributed by atoms with Crippen LogP contribution in [0, 0.1) is 23.4 Å². The predicted octanol–water partition coefficient (Wildman–Crippen LogP) is 4.92. The molecule has 2 aromatic carbocycles. The maximum atomic E-state index is 14.2. The maximum absolute atomic E-state index is 14.2. The van der Waals surface area contributed by atoms with Gasteiger partial charge in [0, 0.05) is 29.7 Å². The molecule has 6 rings (SSSR count). The van der Waals surface area contributed by atoms with Gasteiger partial charge in [0.1, 0.15) is 24.0 Å². The number of carbonyl (C=O) groups excluding carboxylic acids is 3. The summed E-state index contributed by atoms with van der Waals surface area (Å²) in [6.45, 7) is -0.981. The quantitative estimate of drug-likeness (QED) is 0.241. The Hall–Kier alpha value is -4.85. The van der Waals surface area contributed by atoms with E-state index in [4.69, 9.17) is 5.73 Å². The second-order valence-electron chi connectivity index (χ2n) is 11.0. The first kappa shape index (κ1) is 30.2. The molecule has 0 radical (unpaired) electrons. The summed E-state index contributed by atoms with van der Waals surface area (Å²) in [5, 5.41) is 6.57. The van der Waals surface area contributed by atoms with Gasteiger partial charge in [-0.2, -0.15) is 18.3 Å². The molecule has 0 spiro atoms. The molecule has 0 saturated heterocycles. The summed E-state index contributed by atoms with van der Waals surface area (Å²) in [5.74, 6) is -5.68. The molecule has 14 heteroatoms. The van der Waals surface area contributed by atoms with E-state index in [1.54, 1.807) is 12.1 Å². The fourth-order valence-corrected chi connectivity index (χ4v) is 5.90. The van der Waals surface area contributed by atoms with Gasteiger partial charge < -0.3 is 11.1 Å². The first-order valence-corrected chi connectivity index (χ1v) is 13.8. The van der Waals surface area contributed by atoms with Gasteiger partial charge in [-0.25, -0.2) is 13.2 Å². The zero-order chi connectivity index (χ0) is 32.2. The number of Topliss-reactive ketones (excluding diaryl/α,β-unsaturated/α-hetero) is 2. The highest BCUT2D eigenvalue weighted by atomic mass is 19.4. The van der Waals surface area contributed by atoms with Crippen molar-refractivity contribution >= 4 is 17.5 Å². The fourth-order valence-electron chi connectivity index (χ4n) is 5.90. The Labute approximate surface area is 251 Å². The lowest BCUT2D eigenvalue weighted by Gasteiger charge is -2.22. The summed E-state index contributed by atoms with van der Waals surface area (Å²) in [5.41, 5.74) is 4.43. The van der Waals surface area contributed by atoms with Crippen molar-refractivity contribution in [1.82, 2.24) is 20.1 Å². The SMILES string of the molecule is NC(=O)c1cc(-c2cccnc2[C@H](Cc2cc(F)cc(F)c2)NCC(=O)Cn2nc(C(F)(F)F)c3c2C2CC2C3=O)ccc1F. The molecule has 1 amide bonds. The number of amides is 1. The van der Waals surface area contributed by atoms with Crippen molar-refractivity contribution in [2.24, 2.45) is 11.7 Å². The summed E-state index contributed by atoms with van der Waals surface area (Å²) in [6.07, 6.45) is -3.15. The van der Waals surface area contributed by atoms with Crippen molar-refractivity contribution < 1.29 is 40.7 Å². The minimum absolute atomic E-state index is 0.0938. The molecular formula is C31H23F6N5O3. The third-order valence-corrected chi connectivity index (χ3v) is 7.93. The van der Waals surface area contributed by atoms with Gasteiger partial charge >= 0.3 is 6.18 Å². The molecule has 4 aromatic rings. The second-order valence-corrected chi connectivity index (χ2v) is 11.0. The Morgan fingerprint density at radius 2 is 1.78 bits per heavy atom. The number of nitrogens with two attached hydrogens (primary N) is 1. The van der Waals surface area contributed by atoms with E-state index >= 15 is 0 Å². The van der Waals surface area contributed by atoms with E-state index in [-0.39, 0.29) is 28.9 Å². The van der Waals surface area contributed by atoms with Gasteiger partial charge in [-0.3, -0.25) is 24.0 Å². The fraction of sp³-hybridized carbons (Fsp3) is 0.258. The van der Waals surface area contributed by atoms with E-state index in [0.29, 0.717) is 23.6 Å². The molecule has 2 aliphatic rings. The van der Waals surface area contributed by atoms with Crippen molar-refractivity contribution in [2.75, 3.05) is 6.54 Å². The molecule has 2 aliphatic carbocycles. The van der Waals surface area contributed by atoms with E-state index in [1.807, 2.05) is 0 Å². The molecular weight excluding hydrogens is 604 g/mol. The first-order chi connectivity index (χ1) is 21.3. The third-order valence-electron chi connectivity index (χ3n) is 7.93. The largest absolute Gasteiger partial charge is 0.435 e. The number of rotatable bonds is 10. The number of hydrogen-bond donors (Lipinski definition) is 2. The van der Waals surface area contributed by atoms with E-state index in [1.165, 1.54) is 18.3 Å². The van der Waals surface area contributed by atoms with E-state index < -0.39 is 83.3 Å². The van der Waals surface area contributed by atoms with Crippen LogP contribution < -0.4 is 11.1 Å². The monoisotopic (exact) mass is 627 g/mol. The standard InChI is InChI=1S/C31H23F6N5O3/c32-16-6-14(7-17(33)10-16)8-24(26-19(2-1-5-39-26)15-3-4-23(34)22(9-15)30(38)45)40-12-18(43)13-42-27-20-11-21(20)28(44)25(27)29(41-42)31(35,36)37/h1-7,9-10,20-21,24,40H,8,11-13H2,(H2,38,45)/t20?,21?,24-/m0/s1. The number of benzene rings is 2. The van der Waals surface area contributed by atoms with E-state index in [2.05, 4.69) is 15.4 Å². The van der Waals surface area contributed by atoms with Crippen molar-refractivity contribution in [1.29, 1.82) is 0 Å². The van der Waals surface area contributed by atoms with Gasteiger partial charge in [0.25, 0.3) is 5.91 Å². The zero-order valence-electron chi connectivity index (χ0n) is 23.2. The summed E-state index contributed by atoms with van der Waals surface area (Å²) >= 11 is 0. The number of aromatic nitrogens is 3. The Morgan fingerprint density at radius 3 is 2.47 bits per heavy atom. The van der Waals surface area contributed by atoms with E-state index in [9.17, 15) is 40.7 Å². The van der Waals surface area contributed by atoms with Crippen LogP contribution >= 0.6 is 0 Å². The van der Waals surface area contributed by atoms with Gasteiger partial charge in [0.2, 0.25) is 0 Å². The lowest BCUT2D eigenvalue weighted by Crippen LogP contribution is -2.32. The molecule has 1 saturated carbocycles. The minimum Gasteiger partial charge on any atom is -0.366 e. The summed E-state index contributed by atoms with van der Waals surface area (Å²) < 4.78 is 84.3. The van der Waals surface area contributed by atoms with Crippen LogP contribution in [0.1, 0.15) is 61.7 Å². The second kappa shape index (κ2) is 11.3. The molecule has 0 aliphatic heterocycles. The number of ketones is 2. The number of carbonyl (C=O) groups is 3. The number of halogens is 6. The number of alkyl halides is 3. The van der Waals surface area contributed by atoms with Crippen LogP contribution in [0.3, 0.4) is 0 Å². The maximum Gasteiger partial charge on any atom is 0.435 e. The number of hydrogen-bond acceptors (Lipinski definition) is 6. The molecule has 3 N–H and O–H groups in total. The molecule has 3 atom stereocenters. The molecule has 232 valence electrons. The Kier molecular flexibility index (Phi) is 7.55. The average molecular weight is 628 g/mol. The van der Waals surface area contributed by atoms with Crippen LogP contribution in [-0.2, 0) is 23.9 Å². The number of nitrogens with zero attached hydrogens (tertiary/aromatic N) is 3. The van der Waals surface area contributed by atoms with Crippen LogP contribution in [-0.4, -0.2) is 38.8 Å². The Bertz CT molecular complexity index is 1850. The number of nitrogens with one attached hydrogen (secondary N) is 1. The van der Waals surface area contributed by atoms with E-state index in [0.717, 1.165) is 22.9 Å². The summed E-state index contributed by atoms with van der Waals surface area (Å²) in [7, 11) is 0. The minimum atomic E-state index is -4.88. The van der Waals surface area contributed by atoms with Crippen LogP contribution in [0.5, 0.6) is 0 Å². The van der Waals surface area contributed by atoms with Gasteiger partial charge in [0.15, 0.2) is 17.3 Å². The van der Waals surface area contributed by atoms with Gasteiger partial charge in [-0.1, -0.05) is 12.1 Å². The van der Waals surface area contributed by atoms with Crippen molar-refractivity contribution in [3.05, 3.63) is 106 Å². The third kappa shape index (κ3) is 5.84. The Balaban J connectivity index is 1.31. The number of primary amides is 1. The van der Waals surface area contributed by atoms with Crippen LogP contribution in [0.25, 0.3) is 11.1 Å². The molecule has 2 unspecified atom stereocenters. The van der Waals surface area contributed by atoms with Crippen LogP contribution in [0.4, 0.5) is 26.3 Å². The molecule has 1 fully saturated rings. The zero-order valence-corrected chi connectivity index (χ0v) is 23.2. The van der Waals surface area contributed by atoms with Crippen LogP contribution in [0.15, 0.2) is 54.7 Å². The number of fused-ring (bicyclic) bond motifs is 3. The van der Waals surface area contributed by atoms with Crippen LogP contribution in [0.2, 0.25) is 0 Å². The predicted molar refractivity (Wildman–Crippen MR) is 146 cm³/mol. The highest BCUT2D eigenvalue weighted by Crippen LogP contribution is 2.58. The van der Waals surface area contributed by atoms with Gasteiger partial charge in [-0.05, 0) is 54.3 Å². The lowest BCUT2D eigenvalue weighted by atomic mass is 9.94. The van der Waals surface area contributed by atoms with Gasteiger partial charge in [-0.15, -0.1) is 0 Å².